The maximum Gasteiger partial charge on any atom is 0.329 e. The van der Waals surface area contributed by atoms with Crippen LogP contribution >= 0.6 is 0 Å². The van der Waals surface area contributed by atoms with Crippen molar-refractivity contribution < 1.29 is 14.7 Å². The molecular weight excluding hydrogens is 230 g/mol. The Labute approximate surface area is 108 Å². The summed E-state index contributed by atoms with van der Waals surface area (Å²) >= 11 is 0. The van der Waals surface area contributed by atoms with E-state index >= 15 is 0 Å². The first-order valence-corrected chi connectivity index (χ1v) is 6.80. The fraction of sp³-hybridized carbons (Fsp3) is 0.857. The van der Waals surface area contributed by atoms with Gasteiger partial charge in [0.15, 0.2) is 0 Å². The predicted octanol–water partition coefficient (Wildman–Crippen LogP) is 2.28. The quantitative estimate of drug-likeness (QED) is 0.782. The number of amides is 1. The van der Waals surface area contributed by atoms with Gasteiger partial charge in [-0.1, -0.05) is 20.8 Å². The van der Waals surface area contributed by atoms with Crippen LogP contribution in [0.3, 0.4) is 0 Å². The zero-order chi connectivity index (χ0) is 13.6. The van der Waals surface area contributed by atoms with Gasteiger partial charge in [0.05, 0.1) is 0 Å². The molecule has 0 heterocycles. The molecule has 1 amide bonds. The summed E-state index contributed by atoms with van der Waals surface area (Å²) in [7, 11) is 0. The molecule has 102 valence electrons. The first-order valence-electron chi connectivity index (χ1n) is 6.80. The molecule has 0 aromatic carbocycles. The van der Waals surface area contributed by atoms with E-state index in [1.807, 2.05) is 6.92 Å². The lowest BCUT2D eigenvalue weighted by molar-refractivity contribution is -0.165. The second kappa shape index (κ2) is 4.25. The van der Waals surface area contributed by atoms with Crippen LogP contribution < -0.4 is 0 Å². The topological polar surface area (TPSA) is 57.6 Å². The highest BCUT2D eigenvalue weighted by Crippen LogP contribution is 2.49. The average molecular weight is 253 g/mol. The third-order valence-corrected chi connectivity index (χ3v) is 4.74. The van der Waals surface area contributed by atoms with Crippen molar-refractivity contribution in [2.24, 2.45) is 11.3 Å². The van der Waals surface area contributed by atoms with Gasteiger partial charge >= 0.3 is 5.97 Å². The Morgan fingerprint density at radius 3 is 2.33 bits per heavy atom. The molecule has 18 heavy (non-hydrogen) atoms. The van der Waals surface area contributed by atoms with E-state index in [1.165, 1.54) is 0 Å². The van der Waals surface area contributed by atoms with Crippen LogP contribution in [0.15, 0.2) is 0 Å². The van der Waals surface area contributed by atoms with E-state index < -0.39 is 11.5 Å². The summed E-state index contributed by atoms with van der Waals surface area (Å²) in [6.45, 7) is 6.34. The maximum atomic E-state index is 11.8. The second-order valence-corrected chi connectivity index (χ2v) is 6.74. The number of carbonyl (C=O) groups excluding carboxylic acids is 1. The molecule has 0 aromatic heterocycles. The molecule has 2 saturated carbocycles. The highest BCUT2D eigenvalue weighted by molar-refractivity contribution is 5.82. The Hall–Kier alpha value is -1.06. The predicted molar refractivity (Wildman–Crippen MR) is 68.1 cm³/mol. The normalized spacial score (nSPS) is 34.9. The van der Waals surface area contributed by atoms with Crippen LogP contribution in [0.4, 0.5) is 0 Å². The third kappa shape index (κ3) is 2.02. The van der Waals surface area contributed by atoms with Gasteiger partial charge in [-0.15, -0.1) is 0 Å². The molecule has 0 bridgehead atoms. The van der Waals surface area contributed by atoms with Gasteiger partial charge in [0.25, 0.3) is 0 Å². The van der Waals surface area contributed by atoms with Crippen molar-refractivity contribution >= 4 is 12.4 Å². The van der Waals surface area contributed by atoms with Crippen molar-refractivity contribution in [3.05, 3.63) is 0 Å². The molecule has 2 unspecified atom stereocenters. The number of rotatable bonds is 4. The van der Waals surface area contributed by atoms with Crippen LogP contribution in [0, 0.1) is 11.3 Å². The fourth-order valence-corrected chi connectivity index (χ4v) is 3.55. The van der Waals surface area contributed by atoms with Gasteiger partial charge in [-0.2, -0.15) is 0 Å². The summed E-state index contributed by atoms with van der Waals surface area (Å²) in [4.78, 5) is 24.8. The standard InChI is InChI=1S/C14H23NO3/c1-10-8-13(2,3)6-7-14(10,12(17)18)15(9-16)11-4-5-11/h9-11H,4-8H2,1-3H3,(H,17,18). The van der Waals surface area contributed by atoms with E-state index in [1.54, 1.807) is 4.90 Å². The van der Waals surface area contributed by atoms with Crippen molar-refractivity contribution in [1.29, 1.82) is 0 Å². The summed E-state index contributed by atoms with van der Waals surface area (Å²) in [5.74, 6) is -0.825. The Balaban J connectivity index is 2.32. The SMILES string of the molecule is CC1CC(C)(C)CCC1(C(=O)O)N(C=O)C1CC1. The van der Waals surface area contributed by atoms with Crippen LogP contribution in [0.25, 0.3) is 0 Å². The zero-order valence-corrected chi connectivity index (χ0v) is 11.5. The van der Waals surface area contributed by atoms with Gasteiger partial charge in [-0.25, -0.2) is 4.79 Å². The molecule has 0 aliphatic heterocycles. The molecule has 2 aliphatic rings. The molecule has 2 rings (SSSR count). The van der Waals surface area contributed by atoms with Crippen molar-refractivity contribution in [2.45, 2.75) is 64.5 Å². The first-order chi connectivity index (χ1) is 8.33. The monoisotopic (exact) mass is 253 g/mol. The highest BCUT2D eigenvalue weighted by atomic mass is 16.4. The first kappa shape index (κ1) is 13.4. The van der Waals surface area contributed by atoms with Gasteiger partial charge in [-0.05, 0) is 43.4 Å². The summed E-state index contributed by atoms with van der Waals surface area (Å²) < 4.78 is 0. The summed E-state index contributed by atoms with van der Waals surface area (Å²) in [5.41, 5.74) is -0.797. The Morgan fingerprint density at radius 2 is 1.94 bits per heavy atom. The smallest absolute Gasteiger partial charge is 0.329 e. The summed E-state index contributed by atoms with van der Waals surface area (Å²) in [6, 6.07) is 0.155. The minimum atomic E-state index is -0.974. The molecule has 2 atom stereocenters. The lowest BCUT2D eigenvalue weighted by Gasteiger charge is -2.50. The minimum Gasteiger partial charge on any atom is -0.479 e. The Bertz CT molecular complexity index is 362. The van der Waals surface area contributed by atoms with Crippen molar-refractivity contribution in [1.82, 2.24) is 4.90 Å². The van der Waals surface area contributed by atoms with Crippen LogP contribution in [0.2, 0.25) is 0 Å². The van der Waals surface area contributed by atoms with E-state index in [0.717, 1.165) is 32.1 Å². The van der Waals surface area contributed by atoms with Gasteiger partial charge in [0.2, 0.25) is 6.41 Å². The Morgan fingerprint density at radius 1 is 1.33 bits per heavy atom. The Kier molecular flexibility index (Phi) is 3.16. The molecule has 0 aromatic rings. The number of carboxylic acid groups (broad SMARTS) is 1. The number of carboxylic acids is 1. The van der Waals surface area contributed by atoms with Crippen LogP contribution in [0.5, 0.6) is 0 Å². The fourth-order valence-electron chi connectivity index (χ4n) is 3.55. The van der Waals surface area contributed by atoms with Gasteiger partial charge in [-0.3, -0.25) is 4.79 Å². The number of hydrogen-bond acceptors (Lipinski definition) is 2. The number of nitrogens with zero attached hydrogens (tertiary/aromatic N) is 1. The van der Waals surface area contributed by atoms with Crippen LogP contribution in [0.1, 0.15) is 52.9 Å². The van der Waals surface area contributed by atoms with Crippen molar-refractivity contribution in [3.63, 3.8) is 0 Å². The molecule has 0 spiro atoms. The third-order valence-electron chi connectivity index (χ3n) is 4.74. The molecule has 0 radical (unpaired) electrons. The second-order valence-electron chi connectivity index (χ2n) is 6.74. The van der Waals surface area contributed by atoms with Crippen LogP contribution in [-0.4, -0.2) is 34.0 Å². The molecule has 2 fully saturated rings. The van der Waals surface area contributed by atoms with E-state index in [4.69, 9.17) is 0 Å². The van der Waals surface area contributed by atoms with Gasteiger partial charge in [0.1, 0.15) is 5.54 Å². The van der Waals surface area contributed by atoms with Crippen molar-refractivity contribution in [2.75, 3.05) is 0 Å². The van der Waals surface area contributed by atoms with Gasteiger partial charge in [0, 0.05) is 6.04 Å². The largest absolute Gasteiger partial charge is 0.479 e. The summed E-state index contributed by atoms with van der Waals surface area (Å²) in [6.07, 6.45) is 4.96. The lowest BCUT2D eigenvalue weighted by atomic mass is 9.63. The highest BCUT2D eigenvalue weighted by Gasteiger charge is 2.56. The molecular formula is C14H23NO3. The summed E-state index contributed by atoms with van der Waals surface area (Å²) in [5, 5.41) is 9.71. The minimum absolute atomic E-state index is 0.00421. The van der Waals surface area contributed by atoms with E-state index in [0.29, 0.717) is 6.42 Å². The molecule has 1 N–H and O–H groups in total. The van der Waals surface area contributed by atoms with Crippen molar-refractivity contribution in [3.8, 4) is 0 Å². The van der Waals surface area contributed by atoms with Gasteiger partial charge < -0.3 is 10.0 Å². The lowest BCUT2D eigenvalue weighted by Crippen LogP contribution is -2.62. The van der Waals surface area contributed by atoms with E-state index in [9.17, 15) is 14.7 Å². The number of carbonyl (C=O) groups is 2. The number of hydrogen-bond donors (Lipinski definition) is 1. The zero-order valence-electron chi connectivity index (χ0n) is 11.5. The molecule has 2 aliphatic carbocycles. The molecule has 0 saturated heterocycles. The maximum absolute atomic E-state index is 11.8. The molecule has 4 heteroatoms. The number of aliphatic carboxylic acids is 1. The van der Waals surface area contributed by atoms with Crippen LogP contribution in [-0.2, 0) is 9.59 Å². The van der Waals surface area contributed by atoms with E-state index in [2.05, 4.69) is 13.8 Å². The van der Waals surface area contributed by atoms with E-state index in [-0.39, 0.29) is 17.4 Å². The molecule has 4 nitrogen and oxygen atoms in total. The average Bonchev–Trinajstić information content (AvgIpc) is 3.05.